The SMILES string of the molecule is Cc1sc(CN2CCC(C(=O)O)CC2)cc1Br. The molecule has 1 saturated heterocycles. The zero-order valence-electron chi connectivity index (χ0n) is 9.78. The van der Waals surface area contributed by atoms with Crippen LogP contribution in [0.3, 0.4) is 0 Å². The van der Waals surface area contributed by atoms with E-state index in [0.29, 0.717) is 0 Å². The quantitative estimate of drug-likeness (QED) is 0.931. The number of rotatable bonds is 3. The van der Waals surface area contributed by atoms with E-state index in [-0.39, 0.29) is 5.92 Å². The van der Waals surface area contributed by atoms with E-state index in [1.54, 1.807) is 0 Å². The summed E-state index contributed by atoms with van der Waals surface area (Å²) in [5, 5.41) is 8.93. The van der Waals surface area contributed by atoms with Crippen molar-refractivity contribution in [3.63, 3.8) is 0 Å². The monoisotopic (exact) mass is 317 g/mol. The third-order valence-electron chi connectivity index (χ3n) is 3.22. The van der Waals surface area contributed by atoms with Gasteiger partial charge >= 0.3 is 5.97 Å². The van der Waals surface area contributed by atoms with Crippen LogP contribution in [0.1, 0.15) is 22.6 Å². The summed E-state index contributed by atoms with van der Waals surface area (Å²) in [7, 11) is 0. The first-order valence-electron chi connectivity index (χ1n) is 5.76. The Morgan fingerprint density at radius 2 is 2.24 bits per heavy atom. The maximum Gasteiger partial charge on any atom is 0.306 e. The lowest BCUT2D eigenvalue weighted by Gasteiger charge is -2.29. The molecular formula is C12H16BrNO2S. The second kappa shape index (κ2) is 5.50. The molecule has 0 bridgehead atoms. The third-order valence-corrected chi connectivity index (χ3v) is 5.35. The highest BCUT2D eigenvalue weighted by Crippen LogP contribution is 2.28. The van der Waals surface area contributed by atoms with Gasteiger partial charge in [0.2, 0.25) is 0 Å². The minimum atomic E-state index is -0.639. The molecule has 1 N–H and O–H groups in total. The zero-order valence-corrected chi connectivity index (χ0v) is 12.2. The Morgan fingerprint density at radius 3 is 2.71 bits per heavy atom. The summed E-state index contributed by atoms with van der Waals surface area (Å²) in [5.41, 5.74) is 0. The van der Waals surface area contributed by atoms with E-state index >= 15 is 0 Å². The highest BCUT2D eigenvalue weighted by atomic mass is 79.9. The van der Waals surface area contributed by atoms with Crippen LogP contribution in [-0.4, -0.2) is 29.1 Å². The molecule has 17 heavy (non-hydrogen) atoms. The average Bonchev–Trinajstić information content (AvgIpc) is 2.58. The largest absolute Gasteiger partial charge is 0.481 e. The van der Waals surface area contributed by atoms with Crippen LogP contribution >= 0.6 is 27.3 Å². The molecule has 0 saturated carbocycles. The number of likely N-dealkylation sites (tertiary alicyclic amines) is 1. The molecule has 0 unspecified atom stereocenters. The van der Waals surface area contributed by atoms with E-state index in [2.05, 4.69) is 33.8 Å². The Labute approximate surface area is 114 Å². The lowest BCUT2D eigenvalue weighted by molar-refractivity contribution is -0.143. The van der Waals surface area contributed by atoms with Crippen LogP contribution in [0.2, 0.25) is 0 Å². The summed E-state index contributed by atoms with van der Waals surface area (Å²) >= 11 is 5.33. The predicted molar refractivity (Wildman–Crippen MR) is 72.4 cm³/mol. The lowest BCUT2D eigenvalue weighted by atomic mass is 9.97. The van der Waals surface area contributed by atoms with Gasteiger partial charge in [-0.05, 0) is 54.9 Å². The number of halogens is 1. The van der Waals surface area contributed by atoms with E-state index in [4.69, 9.17) is 5.11 Å². The number of nitrogens with zero attached hydrogens (tertiary/aromatic N) is 1. The predicted octanol–water partition coefficient (Wildman–Crippen LogP) is 3.12. The maximum absolute atomic E-state index is 10.8. The molecule has 0 aliphatic carbocycles. The number of aryl methyl sites for hydroxylation is 1. The number of thiophene rings is 1. The molecule has 94 valence electrons. The molecular weight excluding hydrogens is 302 g/mol. The van der Waals surface area contributed by atoms with E-state index < -0.39 is 5.97 Å². The number of aliphatic carboxylic acids is 1. The van der Waals surface area contributed by atoms with Crippen LogP contribution in [0.15, 0.2) is 10.5 Å². The third kappa shape index (κ3) is 3.30. The Kier molecular flexibility index (Phi) is 4.22. The first-order valence-corrected chi connectivity index (χ1v) is 7.37. The smallest absolute Gasteiger partial charge is 0.306 e. The highest BCUT2D eigenvalue weighted by Gasteiger charge is 2.24. The normalized spacial score (nSPS) is 18.5. The number of hydrogen-bond acceptors (Lipinski definition) is 3. The van der Waals surface area contributed by atoms with Crippen molar-refractivity contribution in [1.29, 1.82) is 0 Å². The summed E-state index contributed by atoms with van der Waals surface area (Å²) in [4.78, 5) is 15.8. The second-order valence-corrected chi connectivity index (χ2v) is 6.70. The van der Waals surface area contributed by atoms with Crippen molar-refractivity contribution in [1.82, 2.24) is 4.90 Å². The van der Waals surface area contributed by atoms with Crippen LogP contribution in [0.5, 0.6) is 0 Å². The molecule has 0 amide bonds. The lowest BCUT2D eigenvalue weighted by Crippen LogP contribution is -2.35. The van der Waals surface area contributed by atoms with Gasteiger partial charge in [-0.25, -0.2) is 0 Å². The van der Waals surface area contributed by atoms with Gasteiger partial charge in [-0.15, -0.1) is 11.3 Å². The van der Waals surface area contributed by atoms with E-state index in [0.717, 1.165) is 32.5 Å². The fourth-order valence-corrected chi connectivity index (χ4v) is 3.80. The maximum atomic E-state index is 10.8. The fourth-order valence-electron chi connectivity index (χ4n) is 2.15. The zero-order chi connectivity index (χ0) is 12.4. The molecule has 2 heterocycles. The number of carboxylic acids is 1. The van der Waals surface area contributed by atoms with E-state index in [1.165, 1.54) is 14.2 Å². The average molecular weight is 318 g/mol. The first kappa shape index (κ1) is 13.1. The van der Waals surface area contributed by atoms with Gasteiger partial charge in [-0.2, -0.15) is 0 Å². The fraction of sp³-hybridized carbons (Fsp3) is 0.583. The summed E-state index contributed by atoms with van der Waals surface area (Å²) in [6, 6.07) is 2.17. The van der Waals surface area contributed by atoms with Crippen LogP contribution in [-0.2, 0) is 11.3 Å². The van der Waals surface area contributed by atoms with Gasteiger partial charge in [-0.1, -0.05) is 0 Å². The van der Waals surface area contributed by atoms with E-state index in [1.807, 2.05) is 11.3 Å². The summed E-state index contributed by atoms with van der Waals surface area (Å²) in [5.74, 6) is -0.776. The van der Waals surface area contributed by atoms with Crippen molar-refractivity contribution in [2.75, 3.05) is 13.1 Å². The minimum Gasteiger partial charge on any atom is -0.481 e. The standard InChI is InChI=1S/C12H16BrNO2S/c1-8-11(13)6-10(17-8)7-14-4-2-9(3-5-14)12(15)16/h6,9H,2-5,7H2,1H3,(H,15,16). The van der Waals surface area contributed by atoms with Gasteiger partial charge in [0.25, 0.3) is 0 Å². The number of carbonyl (C=O) groups is 1. The number of piperidine rings is 1. The summed E-state index contributed by atoms with van der Waals surface area (Å²) in [6.07, 6.45) is 1.56. The van der Waals surface area contributed by atoms with Gasteiger partial charge in [0.1, 0.15) is 0 Å². The molecule has 0 aromatic carbocycles. The summed E-state index contributed by atoms with van der Waals surface area (Å²) in [6.45, 7) is 4.84. The van der Waals surface area contributed by atoms with Gasteiger partial charge in [0.15, 0.2) is 0 Å². The molecule has 0 atom stereocenters. The Morgan fingerprint density at radius 1 is 1.59 bits per heavy atom. The minimum absolute atomic E-state index is 0.136. The van der Waals surface area contributed by atoms with Crippen molar-refractivity contribution < 1.29 is 9.90 Å². The molecule has 1 aromatic rings. The van der Waals surface area contributed by atoms with Crippen molar-refractivity contribution in [3.05, 3.63) is 20.3 Å². The molecule has 2 rings (SSSR count). The van der Waals surface area contributed by atoms with Gasteiger partial charge in [-0.3, -0.25) is 9.69 Å². The molecule has 3 nitrogen and oxygen atoms in total. The van der Waals surface area contributed by atoms with Crippen molar-refractivity contribution >= 4 is 33.2 Å². The first-order chi connectivity index (χ1) is 8.06. The Balaban J connectivity index is 1.88. The molecule has 1 fully saturated rings. The van der Waals surface area contributed by atoms with Gasteiger partial charge in [0.05, 0.1) is 5.92 Å². The second-order valence-electron chi connectivity index (χ2n) is 4.51. The van der Waals surface area contributed by atoms with Crippen LogP contribution in [0.25, 0.3) is 0 Å². The molecule has 1 aromatic heterocycles. The molecule has 1 aliphatic rings. The summed E-state index contributed by atoms with van der Waals surface area (Å²) < 4.78 is 1.18. The highest BCUT2D eigenvalue weighted by molar-refractivity contribution is 9.10. The van der Waals surface area contributed by atoms with Crippen molar-refractivity contribution in [2.24, 2.45) is 5.92 Å². The van der Waals surface area contributed by atoms with Crippen LogP contribution in [0.4, 0.5) is 0 Å². The number of carboxylic acid groups (broad SMARTS) is 1. The van der Waals surface area contributed by atoms with E-state index in [9.17, 15) is 4.79 Å². The molecule has 1 aliphatic heterocycles. The van der Waals surface area contributed by atoms with Crippen molar-refractivity contribution in [2.45, 2.75) is 26.3 Å². The number of hydrogen-bond donors (Lipinski definition) is 1. The van der Waals surface area contributed by atoms with Gasteiger partial charge in [0, 0.05) is 20.8 Å². The Bertz CT molecular complexity index is 391. The molecule has 5 heteroatoms. The van der Waals surface area contributed by atoms with Crippen LogP contribution < -0.4 is 0 Å². The van der Waals surface area contributed by atoms with Crippen molar-refractivity contribution in [3.8, 4) is 0 Å². The molecule has 0 spiro atoms. The topological polar surface area (TPSA) is 40.5 Å². The van der Waals surface area contributed by atoms with Gasteiger partial charge < -0.3 is 5.11 Å². The Hall–Kier alpha value is -0.390. The molecule has 0 radical (unpaired) electrons. The van der Waals surface area contributed by atoms with Crippen LogP contribution in [0, 0.1) is 12.8 Å².